The van der Waals surface area contributed by atoms with Crippen LogP contribution in [0.15, 0.2) is 34.1 Å². The topological polar surface area (TPSA) is 102 Å². The predicted molar refractivity (Wildman–Crippen MR) is 106 cm³/mol. The van der Waals surface area contributed by atoms with Gasteiger partial charge in [-0.15, -0.1) is 0 Å². The van der Waals surface area contributed by atoms with Gasteiger partial charge in [-0.1, -0.05) is 0 Å². The molecule has 0 radical (unpaired) electrons. The Bertz CT molecular complexity index is 855. The fourth-order valence-corrected chi connectivity index (χ4v) is 6.98. The van der Waals surface area contributed by atoms with Crippen LogP contribution >= 0.6 is 7.60 Å². The number of hydrogen-bond donors (Lipinski definition) is 1. The molecule has 8 heteroatoms. The molecule has 4 fully saturated rings. The second-order valence-electron chi connectivity index (χ2n) is 8.73. The zero-order valence-corrected chi connectivity index (χ0v) is 17.7. The molecule has 29 heavy (non-hydrogen) atoms. The van der Waals surface area contributed by atoms with Gasteiger partial charge in [-0.25, -0.2) is 0 Å². The maximum absolute atomic E-state index is 12.9. The summed E-state index contributed by atoms with van der Waals surface area (Å²) in [6.45, 7) is 0. The van der Waals surface area contributed by atoms with Crippen LogP contribution in [0, 0.1) is 29.1 Å². The van der Waals surface area contributed by atoms with E-state index in [4.69, 9.17) is 13.5 Å². The van der Waals surface area contributed by atoms with E-state index in [9.17, 15) is 14.6 Å². The summed E-state index contributed by atoms with van der Waals surface area (Å²) in [6, 6.07) is 5.14. The number of nitrogens with one attached hydrogen (secondary N) is 1. The average Bonchev–Trinajstić information content (AvgIpc) is 3.21. The fraction of sp³-hybridized carbons (Fsp3) is 0.619. The van der Waals surface area contributed by atoms with E-state index in [0.717, 1.165) is 19.3 Å². The van der Waals surface area contributed by atoms with Crippen LogP contribution in [0.5, 0.6) is 0 Å². The highest BCUT2D eigenvalue weighted by atomic mass is 31.2. The number of nitrogens with zero attached hydrogens (tertiary/aromatic N) is 1. The predicted octanol–water partition coefficient (Wildman–Crippen LogP) is 4.28. The summed E-state index contributed by atoms with van der Waals surface area (Å²) >= 11 is 0. The summed E-state index contributed by atoms with van der Waals surface area (Å²) in [4.78, 5) is 12.9. The molecular weight excluding hydrogens is 391 g/mol. The van der Waals surface area contributed by atoms with Crippen LogP contribution in [-0.2, 0) is 13.6 Å². The minimum atomic E-state index is -3.48. The van der Waals surface area contributed by atoms with Crippen molar-refractivity contribution >= 4 is 13.4 Å². The highest BCUT2D eigenvalue weighted by Crippen LogP contribution is 2.56. The van der Waals surface area contributed by atoms with E-state index >= 15 is 0 Å². The molecule has 0 unspecified atom stereocenters. The highest BCUT2D eigenvalue weighted by molar-refractivity contribution is 7.54. The van der Waals surface area contributed by atoms with Crippen LogP contribution in [0.2, 0.25) is 0 Å². The first kappa shape index (κ1) is 20.4. The molecule has 1 aromatic heterocycles. The number of carbonyl (C=O) groups is 1. The number of nitriles is 1. The number of furan rings is 1. The van der Waals surface area contributed by atoms with Crippen molar-refractivity contribution in [3.05, 3.63) is 35.4 Å². The molecule has 7 nitrogen and oxygen atoms in total. The molecule has 156 valence electrons. The number of Topliss-reactive ketones (excluding diaryl/α,β-unsaturated/α-hetero) is 1. The first-order valence-corrected chi connectivity index (χ1v) is 11.8. The lowest BCUT2D eigenvalue weighted by atomic mass is 9.53. The van der Waals surface area contributed by atoms with Crippen LogP contribution in [0.1, 0.15) is 49.1 Å². The van der Waals surface area contributed by atoms with Crippen molar-refractivity contribution < 1.29 is 22.8 Å². The molecule has 5 rings (SSSR count). The van der Waals surface area contributed by atoms with Gasteiger partial charge >= 0.3 is 7.60 Å². The summed E-state index contributed by atoms with van der Waals surface area (Å²) in [5, 5.41) is 13.4. The van der Waals surface area contributed by atoms with Crippen LogP contribution in [0.25, 0.3) is 0 Å². The Hall–Kier alpha value is -1.87. The second kappa shape index (κ2) is 7.75. The zero-order chi connectivity index (χ0) is 20.6. The molecule has 0 amide bonds. The fourth-order valence-electron chi connectivity index (χ4n) is 5.95. The van der Waals surface area contributed by atoms with Gasteiger partial charge in [-0.05, 0) is 68.4 Å². The van der Waals surface area contributed by atoms with Gasteiger partial charge in [0.05, 0.1) is 12.4 Å². The monoisotopic (exact) mass is 418 g/mol. The lowest BCUT2D eigenvalue weighted by molar-refractivity contribution is -0.0147. The molecule has 4 aliphatic rings. The third kappa shape index (κ3) is 3.94. The second-order valence-corrected chi connectivity index (χ2v) is 11.0. The Kier molecular flexibility index (Phi) is 5.46. The highest BCUT2D eigenvalue weighted by Gasteiger charge is 2.51. The Labute approximate surface area is 171 Å². The van der Waals surface area contributed by atoms with Crippen LogP contribution in [-0.4, -0.2) is 31.7 Å². The maximum atomic E-state index is 12.9. The zero-order valence-electron chi connectivity index (χ0n) is 16.8. The standard InChI is InChI=1S/C21H27N2O5P/c1-26-29(25,27-2)13-18(17(12-22)20(24)19-4-3-5-28-19)23-21-9-14-6-15(10-21)8-16(7-14)11-21/h3-5,14-16,23H,6-11,13H2,1-2H3. The molecule has 4 saturated carbocycles. The molecule has 0 aliphatic heterocycles. The molecule has 4 aliphatic carbocycles. The molecule has 0 atom stereocenters. The van der Waals surface area contributed by atoms with Crippen molar-refractivity contribution in [2.45, 2.75) is 44.1 Å². The minimum absolute atomic E-state index is 0.0797. The van der Waals surface area contributed by atoms with Gasteiger partial charge in [0.1, 0.15) is 11.6 Å². The van der Waals surface area contributed by atoms with E-state index in [0.29, 0.717) is 23.5 Å². The Morgan fingerprint density at radius 2 is 1.83 bits per heavy atom. The number of ketones is 1. The van der Waals surface area contributed by atoms with Crippen LogP contribution in [0.4, 0.5) is 0 Å². The number of hydrogen-bond acceptors (Lipinski definition) is 7. The van der Waals surface area contributed by atoms with E-state index in [1.807, 2.05) is 6.07 Å². The summed E-state index contributed by atoms with van der Waals surface area (Å²) < 4.78 is 28.4. The molecule has 4 bridgehead atoms. The van der Waals surface area contributed by atoms with Gasteiger partial charge in [0.2, 0.25) is 5.78 Å². The summed E-state index contributed by atoms with van der Waals surface area (Å²) in [5.74, 6) is 1.59. The van der Waals surface area contributed by atoms with Gasteiger partial charge in [0.15, 0.2) is 5.76 Å². The van der Waals surface area contributed by atoms with Crippen molar-refractivity contribution in [1.29, 1.82) is 5.26 Å². The maximum Gasteiger partial charge on any atom is 0.336 e. The first-order chi connectivity index (χ1) is 13.9. The van der Waals surface area contributed by atoms with Crippen molar-refractivity contribution in [3.8, 4) is 6.07 Å². The van der Waals surface area contributed by atoms with E-state index in [1.54, 1.807) is 6.07 Å². The Morgan fingerprint density at radius 3 is 2.28 bits per heavy atom. The van der Waals surface area contributed by atoms with Crippen LogP contribution < -0.4 is 5.32 Å². The smallest absolute Gasteiger partial charge is 0.336 e. The molecule has 0 spiro atoms. The number of rotatable bonds is 8. The third-order valence-corrected chi connectivity index (χ3v) is 8.56. The molecular formula is C21H27N2O5P. The number of allylic oxidation sites excluding steroid dienone is 2. The van der Waals surface area contributed by atoms with Gasteiger partial charge in [-0.2, -0.15) is 5.26 Å². The average molecular weight is 418 g/mol. The van der Waals surface area contributed by atoms with E-state index in [1.165, 1.54) is 45.8 Å². The van der Waals surface area contributed by atoms with Crippen LogP contribution in [0.3, 0.4) is 0 Å². The molecule has 0 saturated heterocycles. The number of carbonyl (C=O) groups excluding carboxylic acids is 1. The van der Waals surface area contributed by atoms with Crippen molar-refractivity contribution in [3.63, 3.8) is 0 Å². The quantitative estimate of drug-likeness (QED) is 0.291. The largest absolute Gasteiger partial charge is 0.461 e. The Balaban J connectivity index is 1.71. The third-order valence-electron chi connectivity index (χ3n) is 6.75. The summed E-state index contributed by atoms with van der Waals surface area (Å²) in [6.07, 6.45) is 8.09. The van der Waals surface area contributed by atoms with Gasteiger partial charge < -0.3 is 18.8 Å². The van der Waals surface area contributed by atoms with Gasteiger partial charge in [0.25, 0.3) is 0 Å². The van der Waals surface area contributed by atoms with Crippen molar-refractivity contribution in [2.24, 2.45) is 17.8 Å². The molecule has 1 aromatic rings. The first-order valence-electron chi connectivity index (χ1n) is 10.1. The van der Waals surface area contributed by atoms with Gasteiger partial charge in [0, 0.05) is 25.5 Å². The molecule has 1 heterocycles. The summed E-state index contributed by atoms with van der Waals surface area (Å²) in [5.41, 5.74) is 0.0787. The molecule has 1 N–H and O–H groups in total. The Morgan fingerprint density at radius 1 is 1.24 bits per heavy atom. The van der Waals surface area contributed by atoms with E-state index in [2.05, 4.69) is 5.32 Å². The minimum Gasteiger partial charge on any atom is -0.461 e. The van der Waals surface area contributed by atoms with Gasteiger partial charge in [-0.3, -0.25) is 9.36 Å². The lowest BCUT2D eigenvalue weighted by Gasteiger charge is -2.57. The van der Waals surface area contributed by atoms with E-state index < -0.39 is 13.4 Å². The van der Waals surface area contributed by atoms with E-state index in [-0.39, 0.29) is 23.0 Å². The molecule has 0 aromatic carbocycles. The summed E-state index contributed by atoms with van der Waals surface area (Å²) in [7, 11) is -0.859. The SMILES string of the molecule is COP(=O)(CC(NC12CC3CC(CC(C3)C1)C2)=C(C#N)C(=O)c1ccco1)OC. The normalized spacial score (nSPS) is 31.3. The van der Waals surface area contributed by atoms with Crippen molar-refractivity contribution in [2.75, 3.05) is 20.4 Å². The van der Waals surface area contributed by atoms with Crippen molar-refractivity contribution in [1.82, 2.24) is 5.32 Å². The lowest BCUT2D eigenvalue weighted by Crippen LogP contribution is -2.58.